The standard InChI is InChI=1S/C10H18N4OS/c1-3-11-8-7-9(12-5-4-6-15)14-10(13-8)16-2/h7,15H,3-6H2,1-2H3,(H2,11,12,13,14). The second kappa shape index (κ2) is 7.29. The lowest BCUT2D eigenvalue weighted by molar-refractivity contribution is 0.292. The minimum Gasteiger partial charge on any atom is -0.396 e. The summed E-state index contributed by atoms with van der Waals surface area (Å²) >= 11 is 1.51. The number of aliphatic hydroxyl groups excluding tert-OH is 1. The predicted molar refractivity (Wildman–Crippen MR) is 68.2 cm³/mol. The van der Waals surface area contributed by atoms with Gasteiger partial charge in [0, 0.05) is 25.8 Å². The Morgan fingerprint density at radius 3 is 2.56 bits per heavy atom. The van der Waals surface area contributed by atoms with Crippen LogP contribution in [0.4, 0.5) is 11.6 Å². The van der Waals surface area contributed by atoms with Gasteiger partial charge in [-0.3, -0.25) is 0 Å². The fraction of sp³-hybridized carbons (Fsp3) is 0.600. The molecule has 0 aromatic carbocycles. The number of aliphatic hydroxyl groups is 1. The Hall–Kier alpha value is -1.01. The molecule has 0 spiro atoms. The Morgan fingerprint density at radius 1 is 1.31 bits per heavy atom. The quantitative estimate of drug-likeness (QED) is 0.382. The molecule has 16 heavy (non-hydrogen) atoms. The van der Waals surface area contributed by atoms with E-state index in [1.54, 1.807) is 0 Å². The van der Waals surface area contributed by atoms with Crippen LogP contribution in [0.25, 0.3) is 0 Å². The molecule has 0 saturated heterocycles. The number of nitrogens with one attached hydrogen (secondary N) is 2. The number of thioether (sulfide) groups is 1. The Morgan fingerprint density at radius 2 is 2.00 bits per heavy atom. The van der Waals surface area contributed by atoms with E-state index in [0.717, 1.165) is 29.8 Å². The summed E-state index contributed by atoms with van der Waals surface area (Å²) in [7, 11) is 0. The van der Waals surface area contributed by atoms with Gasteiger partial charge in [0.15, 0.2) is 5.16 Å². The van der Waals surface area contributed by atoms with E-state index in [4.69, 9.17) is 5.11 Å². The Bertz CT molecular complexity index is 322. The van der Waals surface area contributed by atoms with Crippen LogP contribution >= 0.6 is 11.8 Å². The van der Waals surface area contributed by atoms with Crippen molar-refractivity contribution in [1.29, 1.82) is 0 Å². The lowest BCUT2D eigenvalue weighted by Crippen LogP contribution is -2.08. The van der Waals surface area contributed by atoms with Gasteiger partial charge in [-0.1, -0.05) is 11.8 Å². The number of rotatable bonds is 7. The first-order valence-corrected chi connectivity index (χ1v) is 6.54. The van der Waals surface area contributed by atoms with Gasteiger partial charge >= 0.3 is 0 Å². The molecule has 5 nitrogen and oxygen atoms in total. The molecule has 0 fully saturated rings. The minimum atomic E-state index is 0.188. The third kappa shape index (κ3) is 4.24. The summed E-state index contributed by atoms with van der Waals surface area (Å²) in [6.07, 6.45) is 2.66. The largest absolute Gasteiger partial charge is 0.396 e. The van der Waals surface area contributed by atoms with E-state index < -0.39 is 0 Å². The van der Waals surface area contributed by atoms with Crippen LogP contribution in [0.2, 0.25) is 0 Å². The maximum absolute atomic E-state index is 8.69. The van der Waals surface area contributed by atoms with Gasteiger partial charge in [-0.05, 0) is 19.6 Å². The average molecular weight is 242 g/mol. The third-order valence-corrected chi connectivity index (χ3v) is 2.43. The molecule has 0 unspecified atom stereocenters. The molecule has 0 bridgehead atoms. The Labute approximate surface area is 100 Å². The summed E-state index contributed by atoms with van der Waals surface area (Å²) in [6.45, 7) is 3.76. The van der Waals surface area contributed by atoms with E-state index in [1.807, 2.05) is 19.2 Å². The van der Waals surface area contributed by atoms with Crippen LogP contribution in [0.3, 0.4) is 0 Å². The SMILES string of the molecule is CCNc1cc(NCCCO)nc(SC)n1. The maximum Gasteiger partial charge on any atom is 0.191 e. The molecule has 1 heterocycles. The molecule has 0 atom stereocenters. The van der Waals surface area contributed by atoms with Crippen LogP contribution < -0.4 is 10.6 Å². The monoisotopic (exact) mass is 242 g/mol. The molecule has 0 amide bonds. The molecule has 0 aliphatic carbocycles. The van der Waals surface area contributed by atoms with E-state index >= 15 is 0 Å². The van der Waals surface area contributed by atoms with Crippen LogP contribution in [0.5, 0.6) is 0 Å². The first-order valence-electron chi connectivity index (χ1n) is 5.31. The van der Waals surface area contributed by atoms with E-state index in [2.05, 4.69) is 20.6 Å². The molecule has 0 aliphatic heterocycles. The van der Waals surface area contributed by atoms with Gasteiger partial charge in [0.2, 0.25) is 0 Å². The summed E-state index contributed by atoms with van der Waals surface area (Å²) in [5, 5.41) is 15.7. The van der Waals surface area contributed by atoms with Gasteiger partial charge in [-0.25, -0.2) is 9.97 Å². The summed E-state index contributed by atoms with van der Waals surface area (Å²) in [6, 6.07) is 1.88. The van der Waals surface area contributed by atoms with E-state index in [1.165, 1.54) is 11.8 Å². The maximum atomic E-state index is 8.69. The van der Waals surface area contributed by atoms with E-state index in [-0.39, 0.29) is 6.61 Å². The van der Waals surface area contributed by atoms with Crippen LogP contribution in [0.1, 0.15) is 13.3 Å². The van der Waals surface area contributed by atoms with Crippen LogP contribution in [0.15, 0.2) is 11.2 Å². The topological polar surface area (TPSA) is 70.1 Å². The van der Waals surface area contributed by atoms with Crippen molar-refractivity contribution in [2.75, 3.05) is 36.6 Å². The van der Waals surface area contributed by atoms with E-state index in [0.29, 0.717) is 6.54 Å². The van der Waals surface area contributed by atoms with Gasteiger partial charge in [-0.15, -0.1) is 0 Å². The molecule has 1 rings (SSSR count). The molecular formula is C10H18N4OS. The van der Waals surface area contributed by atoms with Gasteiger partial charge in [0.05, 0.1) is 0 Å². The predicted octanol–water partition coefficient (Wildman–Crippen LogP) is 1.42. The molecule has 0 aliphatic rings. The van der Waals surface area contributed by atoms with Crippen molar-refractivity contribution in [1.82, 2.24) is 9.97 Å². The zero-order chi connectivity index (χ0) is 11.8. The smallest absolute Gasteiger partial charge is 0.191 e. The second-order valence-corrected chi connectivity index (χ2v) is 3.93. The number of nitrogens with zero attached hydrogens (tertiary/aromatic N) is 2. The highest BCUT2D eigenvalue weighted by Gasteiger charge is 2.02. The van der Waals surface area contributed by atoms with Crippen LogP contribution in [-0.4, -0.2) is 41.0 Å². The molecule has 0 saturated carbocycles. The summed E-state index contributed by atoms with van der Waals surface area (Å²) < 4.78 is 0. The van der Waals surface area contributed by atoms with Gasteiger partial charge in [0.1, 0.15) is 11.6 Å². The Kier molecular flexibility index (Phi) is 5.95. The molecule has 6 heteroatoms. The highest BCUT2D eigenvalue weighted by molar-refractivity contribution is 7.98. The van der Waals surface area contributed by atoms with Crippen molar-refractivity contribution in [3.8, 4) is 0 Å². The van der Waals surface area contributed by atoms with E-state index in [9.17, 15) is 0 Å². The van der Waals surface area contributed by atoms with Crippen molar-refractivity contribution in [3.05, 3.63) is 6.07 Å². The molecule has 1 aromatic heterocycles. The zero-order valence-corrected chi connectivity index (χ0v) is 10.5. The Balaban J connectivity index is 2.69. The van der Waals surface area contributed by atoms with Gasteiger partial charge < -0.3 is 15.7 Å². The number of aromatic nitrogens is 2. The summed E-state index contributed by atoms with van der Waals surface area (Å²) in [5.41, 5.74) is 0. The van der Waals surface area contributed by atoms with Crippen molar-refractivity contribution >= 4 is 23.4 Å². The van der Waals surface area contributed by atoms with Crippen molar-refractivity contribution in [2.45, 2.75) is 18.5 Å². The first kappa shape index (κ1) is 13.1. The van der Waals surface area contributed by atoms with Gasteiger partial charge in [-0.2, -0.15) is 0 Å². The molecule has 1 aromatic rings. The highest BCUT2D eigenvalue weighted by atomic mass is 32.2. The molecule has 0 radical (unpaired) electrons. The van der Waals surface area contributed by atoms with Crippen molar-refractivity contribution in [2.24, 2.45) is 0 Å². The number of hydrogen-bond donors (Lipinski definition) is 3. The number of anilines is 2. The second-order valence-electron chi connectivity index (χ2n) is 3.16. The van der Waals surface area contributed by atoms with Crippen molar-refractivity contribution < 1.29 is 5.11 Å². The normalized spacial score (nSPS) is 10.2. The highest BCUT2D eigenvalue weighted by Crippen LogP contribution is 2.16. The average Bonchev–Trinajstić information content (AvgIpc) is 2.29. The van der Waals surface area contributed by atoms with Gasteiger partial charge in [0.25, 0.3) is 0 Å². The van der Waals surface area contributed by atoms with Crippen LogP contribution in [0, 0.1) is 0 Å². The summed E-state index contributed by atoms with van der Waals surface area (Å²) in [4.78, 5) is 8.65. The lowest BCUT2D eigenvalue weighted by atomic mass is 10.4. The minimum absolute atomic E-state index is 0.188. The summed E-state index contributed by atoms with van der Waals surface area (Å²) in [5.74, 6) is 1.62. The lowest BCUT2D eigenvalue weighted by Gasteiger charge is -2.09. The fourth-order valence-electron chi connectivity index (χ4n) is 1.17. The number of hydrogen-bond acceptors (Lipinski definition) is 6. The first-order chi connectivity index (χ1) is 7.80. The fourth-order valence-corrected chi connectivity index (χ4v) is 1.55. The molecular weight excluding hydrogens is 224 g/mol. The molecule has 3 N–H and O–H groups in total. The molecule has 90 valence electrons. The third-order valence-electron chi connectivity index (χ3n) is 1.89. The van der Waals surface area contributed by atoms with Crippen LogP contribution in [-0.2, 0) is 0 Å². The zero-order valence-electron chi connectivity index (χ0n) is 9.66. The van der Waals surface area contributed by atoms with Crippen molar-refractivity contribution in [3.63, 3.8) is 0 Å².